The summed E-state index contributed by atoms with van der Waals surface area (Å²) in [5, 5.41) is 10.9. The molecule has 3 rings (SSSR count). The normalized spacial score (nSPS) is 10.5. The molecule has 0 aliphatic carbocycles. The predicted molar refractivity (Wildman–Crippen MR) is 104 cm³/mol. The van der Waals surface area contributed by atoms with E-state index in [0.29, 0.717) is 24.0 Å². The van der Waals surface area contributed by atoms with Crippen LogP contribution in [0.4, 0.5) is 11.4 Å². The molecule has 0 unspecified atom stereocenters. The average molecular weight is 366 g/mol. The topological polar surface area (TPSA) is 80.5 Å². The second-order valence-electron chi connectivity index (χ2n) is 6.19. The molecule has 140 valence electrons. The van der Waals surface area contributed by atoms with Gasteiger partial charge < -0.3 is 19.4 Å². The molecule has 7 nitrogen and oxygen atoms in total. The van der Waals surface area contributed by atoms with E-state index in [1.165, 1.54) is 0 Å². The molecule has 0 saturated heterocycles. The van der Waals surface area contributed by atoms with E-state index in [1.807, 2.05) is 67.5 Å². The fourth-order valence-corrected chi connectivity index (χ4v) is 2.57. The standard InChI is InChI=1S/C20H22N4O3/c1-24(2)15-10-8-14(9-11-15)21-18(25)12-13-19-22-23-20(27-19)16-6-4-5-7-17(16)26-3/h4-11H,12-13H2,1-3H3,(H,21,25). The summed E-state index contributed by atoms with van der Waals surface area (Å²) in [6, 6.07) is 15.1. The molecule has 27 heavy (non-hydrogen) atoms. The highest BCUT2D eigenvalue weighted by molar-refractivity contribution is 5.90. The van der Waals surface area contributed by atoms with Gasteiger partial charge in [-0.15, -0.1) is 10.2 Å². The third-order valence-electron chi connectivity index (χ3n) is 4.04. The van der Waals surface area contributed by atoms with Crippen LogP contribution in [-0.4, -0.2) is 37.3 Å². The van der Waals surface area contributed by atoms with Crippen LogP contribution < -0.4 is 15.0 Å². The van der Waals surface area contributed by atoms with Gasteiger partial charge in [0.15, 0.2) is 0 Å². The molecule has 0 saturated carbocycles. The van der Waals surface area contributed by atoms with Gasteiger partial charge in [0, 0.05) is 38.3 Å². The van der Waals surface area contributed by atoms with Crippen molar-refractivity contribution in [3.63, 3.8) is 0 Å². The predicted octanol–water partition coefficient (Wildman–Crippen LogP) is 3.38. The highest BCUT2D eigenvalue weighted by atomic mass is 16.5. The molecule has 1 heterocycles. The number of ether oxygens (including phenoxy) is 1. The number of aromatic nitrogens is 2. The van der Waals surface area contributed by atoms with E-state index < -0.39 is 0 Å². The number of aryl methyl sites for hydroxylation is 1. The van der Waals surface area contributed by atoms with Crippen molar-refractivity contribution in [3.05, 3.63) is 54.4 Å². The second-order valence-corrected chi connectivity index (χ2v) is 6.19. The molecule has 1 N–H and O–H groups in total. The van der Waals surface area contributed by atoms with Crippen molar-refractivity contribution in [1.29, 1.82) is 0 Å². The molecule has 1 amide bonds. The van der Waals surface area contributed by atoms with Gasteiger partial charge >= 0.3 is 0 Å². The Labute approximate surface area is 158 Å². The smallest absolute Gasteiger partial charge is 0.251 e. The van der Waals surface area contributed by atoms with Gasteiger partial charge in [-0.2, -0.15) is 0 Å². The van der Waals surface area contributed by atoms with Crippen LogP contribution in [0.25, 0.3) is 11.5 Å². The van der Waals surface area contributed by atoms with Gasteiger partial charge in [0.05, 0.1) is 12.7 Å². The maximum Gasteiger partial charge on any atom is 0.251 e. The Morgan fingerprint density at radius 3 is 2.56 bits per heavy atom. The summed E-state index contributed by atoms with van der Waals surface area (Å²) in [6.07, 6.45) is 0.618. The summed E-state index contributed by atoms with van der Waals surface area (Å²) in [7, 11) is 5.53. The van der Waals surface area contributed by atoms with Crippen molar-refractivity contribution in [2.75, 3.05) is 31.4 Å². The van der Waals surface area contributed by atoms with Gasteiger partial charge in [-0.3, -0.25) is 4.79 Å². The Morgan fingerprint density at radius 1 is 1.11 bits per heavy atom. The quantitative estimate of drug-likeness (QED) is 0.690. The number of benzene rings is 2. The molecule has 3 aromatic rings. The molecule has 7 heteroatoms. The summed E-state index contributed by atoms with van der Waals surface area (Å²) in [4.78, 5) is 14.2. The molecule has 2 aromatic carbocycles. The summed E-state index contributed by atoms with van der Waals surface area (Å²) < 4.78 is 11.0. The largest absolute Gasteiger partial charge is 0.496 e. The second kappa shape index (κ2) is 8.35. The molecule has 0 atom stereocenters. The van der Waals surface area contributed by atoms with Crippen LogP contribution in [-0.2, 0) is 11.2 Å². The Balaban J connectivity index is 1.57. The number of methoxy groups -OCH3 is 1. The highest BCUT2D eigenvalue weighted by Gasteiger charge is 2.14. The van der Waals surface area contributed by atoms with Crippen molar-refractivity contribution in [2.24, 2.45) is 0 Å². The first-order valence-electron chi connectivity index (χ1n) is 8.60. The zero-order valence-corrected chi connectivity index (χ0v) is 15.6. The number of hydrogen-bond donors (Lipinski definition) is 1. The maximum absolute atomic E-state index is 12.2. The Kier molecular flexibility index (Phi) is 5.71. The number of anilines is 2. The number of carbonyl (C=O) groups is 1. The number of para-hydroxylation sites is 1. The van der Waals surface area contributed by atoms with Crippen LogP contribution in [0, 0.1) is 0 Å². The van der Waals surface area contributed by atoms with E-state index in [2.05, 4.69) is 15.5 Å². The van der Waals surface area contributed by atoms with Crippen LogP contribution in [0.5, 0.6) is 5.75 Å². The van der Waals surface area contributed by atoms with Crippen molar-refractivity contribution in [1.82, 2.24) is 10.2 Å². The van der Waals surface area contributed by atoms with Gasteiger partial charge in [-0.05, 0) is 36.4 Å². The first-order valence-corrected chi connectivity index (χ1v) is 8.60. The first kappa shape index (κ1) is 18.4. The van der Waals surface area contributed by atoms with Crippen molar-refractivity contribution < 1.29 is 13.9 Å². The van der Waals surface area contributed by atoms with E-state index in [9.17, 15) is 4.79 Å². The third-order valence-corrected chi connectivity index (χ3v) is 4.04. The minimum Gasteiger partial charge on any atom is -0.496 e. The van der Waals surface area contributed by atoms with E-state index in [4.69, 9.17) is 9.15 Å². The van der Waals surface area contributed by atoms with Crippen LogP contribution in [0.1, 0.15) is 12.3 Å². The third kappa shape index (κ3) is 4.63. The molecule has 0 fully saturated rings. The number of nitrogens with zero attached hydrogens (tertiary/aromatic N) is 3. The lowest BCUT2D eigenvalue weighted by Crippen LogP contribution is -2.13. The SMILES string of the molecule is COc1ccccc1-c1nnc(CCC(=O)Nc2ccc(N(C)C)cc2)o1. The average Bonchev–Trinajstić information content (AvgIpc) is 3.15. The monoisotopic (exact) mass is 366 g/mol. The maximum atomic E-state index is 12.2. The van der Waals surface area contributed by atoms with E-state index in [0.717, 1.165) is 16.9 Å². The molecular weight excluding hydrogens is 344 g/mol. The zero-order chi connectivity index (χ0) is 19.2. The summed E-state index contributed by atoms with van der Waals surface area (Å²) in [5.41, 5.74) is 2.55. The highest BCUT2D eigenvalue weighted by Crippen LogP contribution is 2.28. The zero-order valence-electron chi connectivity index (χ0n) is 15.6. The number of nitrogens with one attached hydrogen (secondary N) is 1. The van der Waals surface area contributed by atoms with Crippen molar-refractivity contribution in [2.45, 2.75) is 12.8 Å². The Morgan fingerprint density at radius 2 is 1.85 bits per heavy atom. The first-order chi connectivity index (χ1) is 13.1. The van der Waals surface area contributed by atoms with E-state index >= 15 is 0 Å². The number of rotatable bonds is 7. The van der Waals surface area contributed by atoms with E-state index in [1.54, 1.807) is 7.11 Å². The number of amides is 1. The fourth-order valence-electron chi connectivity index (χ4n) is 2.57. The molecule has 0 aliphatic rings. The minimum atomic E-state index is -0.107. The van der Waals surface area contributed by atoms with Crippen LogP contribution in [0.15, 0.2) is 52.9 Å². The number of carbonyl (C=O) groups excluding carboxylic acids is 1. The molecule has 0 radical (unpaired) electrons. The van der Waals surface area contributed by atoms with Gasteiger partial charge in [0.1, 0.15) is 5.75 Å². The molecule has 0 aliphatic heterocycles. The summed E-state index contributed by atoms with van der Waals surface area (Å²) in [5.74, 6) is 1.34. The minimum absolute atomic E-state index is 0.107. The van der Waals surface area contributed by atoms with E-state index in [-0.39, 0.29) is 12.3 Å². The fraction of sp³-hybridized carbons (Fsp3) is 0.250. The van der Waals surface area contributed by atoms with Gasteiger partial charge in [-0.25, -0.2) is 0 Å². The molecule has 0 bridgehead atoms. The van der Waals surface area contributed by atoms with Crippen molar-refractivity contribution >= 4 is 17.3 Å². The van der Waals surface area contributed by atoms with Crippen LogP contribution in [0.3, 0.4) is 0 Å². The number of hydrogen-bond acceptors (Lipinski definition) is 6. The summed E-state index contributed by atoms with van der Waals surface area (Å²) >= 11 is 0. The Hall–Kier alpha value is -3.35. The summed E-state index contributed by atoms with van der Waals surface area (Å²) in [6.45, 7) is 0. The van der Waals surface area contributed by atoms with Crippen LogP contribution >= 0.6 is 0 Å². The lowest BCUT2D eigenvalue weighted by Gasteiger charge is -2.12. The lowest BCUT2D eigenvalue weighted by atomic mass is 10.2. The van der Waals surface area contributed by atoms with Gasteiger partial charge in [0.25, 0.3) is 5.89 Å². The van der Waals surface area contributed by atoms with Crippen LogP contribution in [0.2, 0.25) is 0 Å². The molecular formula is C20H22N4O3. The lowest BCUT2D eigenvalue weighted by molar-refractivity contribution is -0.116. The van der Waals surface area contributed by atoms with Gasteiger partial charge in [0.2, 0.25) is 11.8 Å². The van der Waals surface area contributed by atoms with Gasteiger partial charge in [-0.1, -0.05) is 12.1 Å². The molecule has 0 spiro atoms. The molecule has 1 aromatic heterocycles. The van der Waals surface area contributed by atoms with Crippen molar-refractivity contribution in [3.8, 4) is 17.2 Å². The Bertz CT molecular complexity index is 904.